The van der Waals surface area contributed by atoms with E-state index in [4.69, 9.17) is 0 Å². The van der Waals surface area contributed by atoms with Crippen LogP contribution in [0.1, 0.15) is 62.6 Å². The topological polar surface area (TPSA) is 121 Å². The van der Waals surface area contributed by atoms with E-state index < -0.39 is 5.41 Å². The predicted molar refractivity (Wildman–Crippen MR) is 172 cm³/mol. The van der Waals surface area contributed by atoms with Gasteiger partial charge in [-0.3, -0.25) is 0 Å². The number of rotatable bonds is 8. The lowest BCUT2D eigenvalue weighted by atomic mass is 9.70. The summed E-state index contributed by atoms with van der Waals surface area (Å²) in [7, 11) is 0. The normalized spacial score (nSPS) is 12.6. The van der Waals surface area contributed by atoms with Crippen LogP contribution < -0.4 is 0 Å². The van der Waals surface area contributed by atoms with E-state index in [9.17, 15) is 30.6 Å². The molecule has 0 heterocycles. The van der Waals surface area contributed by atoms with Crippen molar-refractivity contribution >= 4 is 0 Å². The highest BCUT2D eigenvalue weighted by molar-refractivity contribution is 5.58. The van der Waals surface area contributed by atoms with E-state index >= 15 is 0 Å². The van der Waals surface area contributed by atoms with E-state index in [0.29, 0.717) is 40.7 Å². The van der Waals surface area contributed by atoms with Crippen molar-refractivity contribution in [1.29, 1.82) is 0 Å². The molecule has 226 valence electrons. The number of benzene rings is 5. The van der Waals surface area contributed by atoms with E-state index in [0.717, 1.165) is 27.8 Å². The molecule has 1 atom stereocenters. The summed E-state index contributed by atoms with van der Waals surface area (Å²) in [6.45, 7) is 7.85. The van der Waals surface area contributed by atoms with E-state index in [2.05, 4.69) is 0 Å². The van der Waals surface area contributed by atoms with E-state index in [1.165, 1.54) is 12.1 Å². The first-order valence-electron chi connectivity index (χ1n) is 14.6. The highest BCUT2D eigenvalue weighted by Gasteiger charge is 2.34. The smallest absolute Gasteiger partial charge is 0.123 e. The molecule has 0 spiro atoms. The quantitative estimate of drug-likeness (QED) is 0.111. The predicted octanol–water partition coefficient (Wildman–Crippen LogP) is 7.58. The van der Waals surface area contributed by atoms with E-state index in [-0.39, 0.29) is 40.9 Å². The van der Waals surface area contributed by atoms with Gasteiger partial charge < -0.3 is 30.6 Å². The molecule has 1 unspecified atom stereocenters. The lowest BCUT2D eigenvalue weighted by Gasteiger charge is -2.34. The molecule has 5 aromatic carbocycles. The van der Waals surface area contributed by atoms with Gasteiger partial charge in [-0.25, -0.2) is 0 Å². The molecule has 5 aromatic rings. The molecule has 0 saturated carbocycles. The second-order valence-corrected chi connectivity index (χ2v) is 12.0. The van der Waals surface area contributed by atoms with Crippen LogP contribution in [0.5, 0.6) is 34.5 Å². The van der Waals surface area contributed by atoms with Gasteiger partial charge in [-0.05, 0) is 90.9 Å². The summed E-state index contributed by atoms with van der Waals surface area (Å²) in [6, 6.07) is 24.0. The Bertz CT molecular complexity index is 1840. The average molecular weight is 591 g/mol. The summed E-state index contributed by atoms with van der Waals surface area (Å²) in [5.41, 5.74) is 6.86. The summed E-state index contributed by atoms with van der Waals surface area (Å²) >= 11 is 0. The van der Waals surface area contributed by atoms with Crippen molar-refractivity contribution < 1.29 is 30.6 Å². The molecule has 0 aromatic heterocycles. The highest BCUT2D eigenvalue weighted by atomic mass is 16.3. The highest BCUT2D eigenvalue weighted by Crippen LogP contribution is 2.45. The summed E-state index contributed by atoms with van der Waals surface area (Å²) in [5.74, 6) is 0.323. The minimum Gasteiger partial charge on any atom is -0.508 e. The van der Waals surface area contributed by atoms with Crippen molar-refractivity contribution in [2.75, 3.05) is 0 Å². The molecular weight excluding hydrogens is 552 g/mol. The second-order valence-electron chi connectivity index (χ2n) is 12.0. The molecule has 0 amide bonds. The molecule has 44 heavy (non-hydrogen) atoms. The Balaban J connectivity index is 1.72. The Morgan fingerprint density at radius 2 is 1.09 bits per heavy atom. The summed E-state index contributed by atoms with van der Waals surface area (Å²) in [6.07, 6.45) is 0.894. The van der Waals surface area contributed by atoms with Crippen LogP contribution in [-0.4, -0.2) is 30.6 Å². The fourth-order valence-electron chi connectivity index (χ4n) is 6.19. The zero-order valence-electron chi connectivity index (χ0n) is 25.4. The number of phenols is 6. The first-order valence-corrected chi connectivity index (χ1v) is 14.6. The van der Waals surface area contributed by atoms with Crippen molar-refractivity contribution in [2.24, 2.45) is 0 Å². The third kappa shape index (κ3) is 6.02. The van der Waals surface area contributed by atoms with Crippen LogP contribution in [0.25, 0.3) is 0 Å². The van der Waals surface area contributed by atoms with Crippen LogP contribution in [0.3, 0.4) is 0 Å². The molecule has 6 nitrogen and oxygen atoms in total. The molecule has 0 aliphatic rings. The maximum Gasteiger partial charge on any atom is 0.123 e. The zero-order chi connectivity index (χ0) is 31.8. The molecular formula is C38H38O6. The Labute approximate surface area is 257 Å². The number of phenolic OH excluding ortho intramolecular Hbond substituents is 6. The molecule has 5 rings (SSSR count). The van der Waals surface area contributed by atoms with Crippen LogP contribution in [0.2, 0.25) is 0 Å². The molecule has 0 fully saturated rings. The second kappa shape index (κ2) is 11.9. The first kappa shape index (κ1) is 30.4. The molecule has 0 radical (unpaired) electrons. The number of aromatic hydroxyl groups is 6. The molecule has 6 heteroatoms. The fraction of sp³-hybridized carbons (Fsp3) is 0.211. The molecule has 0 aliphatic heterocycles. The minimum absolute atomic E-state index is 0.0625. The lowest BCUT2D eigenvalue weighted by molar-refractivity contribution is 0.428. The number of aryl methyl sites for hydroxylation is 3. The van der Waals surface area contributed by atoms with Crippen molar-refractivity contribution in [1.82, 2.24) is 0 Å². The van der Waals surface area contributed by atoms with Gasteiger partial charge in [-0.15, -0.1) is 0 Å². The van der Waals surface area contributed by atoms with Crippen molar-refractivity contribution in [3.63, 3.8) is 0 Å². The number of hydrogen-bond acceptors (Lipinski definition) is 6. The Morgan fingerprint density at radius 1 is 0.523 bits per heavy atom. The molecule has 0 bridgehead atoms. The maximum absolute atomic E-state index is 11.9. The fourth-order valence-corrected chi connectivity index (χ4v) is 6.19. The first-order chi connectivity index (χ1) is 20.9. The Kier molecular flexibility index (Phi) is 8.20. The molecule has 0 saturated heterocycles. The third-order valence-electron chi connectivity index (χ3n) is 8.65. The van der Waals surface area contributed by atoms with Crippen molar-refractivity contribution in [3.05, 3.63) is 141 Å². The van der Waals surface area contributed by atoms with Crippen LogP contribution in [0.15, 0.2) is 84.9 Å². The van der Waals surface area contributed by atoms with Gasteiger partial charge in [0.15, 0.2) is 0 Å². The van der Waals surface area contributed by atoms with Crippen LogP contribution >= 0.6 is 0 Å². The van der Waals surface area contributed by atoms with Gasteiger partial charge in [0.2, 0.25) is 0 Å². The molecule has 6 N–H and O–H groups in total. The third-order valence-corrected chi connectivity index (χ3v) is 8.65. The van der Waals surface area contributed by atoms with Gasteiger partial charge in [-0.1, -0.05) is 66.6 Å². The minimum atomic E-state index is -0.859. The standard InChI is InChI=1S/C38H38O6/c1-22-5-13-34(41)25(15-22)18-27-17-24(3)32(31(37(27)44)19-26-16-23(2)6-14-35(26)42)21-38(4,28-7-9-29(39)10-8-28)33-12-11-30(40)20-36(33)43/h5-17,20,39-44H,18-19,21H2,1-4H3. The molecule has 0 aliphatic carbocycles. The van der Waals surface area contributed by atoms with Crippen molar-refractivity contribution in [3.8, 4) is 34.5 Å². The van der Waals surface area contributed by atoms with E-state index in [1.807, 2.05) is 58.0 Å². The van der Waals surface area contributed by atoms with Gasteiger partial charge >= 0.3 is 0 Å². The summed E-state index contributed by atoms with van der Waals surface area (Å²) in [5, 5.41) is 64.5. The van der Waals surface area contributed by atoms with E-state index in [1.54, 1.807) is 42.5 Å². The summed E-state index contributed by atoms with van der Waals surface area (Å²) < 4.78 is 0. The monoisotopic (exact) mass is 590 g/mol. The SMILES string of the molecule is Cc1ccc(O)c(Cc2cc(C)c(CC(C)(c3ccc(O)cc3)c3ccc(O)cc3O)c(Cc3cc(C)ccc3O)c2O)c1. The zero-order valence-corrected chi connectivity index (χ0v) is 25.4. The summed E-state index contributed by atoms with van der Waals surface area (Å²) in [4.78, 5) is 0. The largest absolute Gasteiger partial charge is 0.508 e. The average Bonchev–Trinajstić information content (AvgIpc) is 2.97. The van der Waals surface area contributed by atoms with Crippen LogP contribution in [-0.2, 0) is 24.7 Å². The van der Waals surface area contributed by atoms with Gasteiger partial charge in [0.05, 0.1) is 0 Å². The van der Waals surface area contributed by atoms with Gasteiger partial charge in [0, 0.05) is 35.4 Å². The van der Waals surface area contributed by atoms with Crippen LogP contribution in [0, 0.1) is 20.8 Å². The number of hydrogen-bond donors (Lipinski definition) is 6. The van der Waals surface area contributed by atoms with Crippen molar-refractivity contribution in [2.45, 2.75) is 52.4 Å². The van der Waals surface area contributed by atoms with Gasteiger partial charge in [0.1, 0.15) is 34.5 Å². The Hall–Kier alpha value is -5.10. The van der Waals surface area contributed by atoms with Gasteiger partial charge in [0.25, 0.3) is 0 Å². The van der Waals surface area contributed by atoms with Crippen LogP contribution in [0.4, 0.5) is 0 Å². The Morgan fingerprint density at radius 3 is 1.68 bits per heavy atom. The maximum atomic E-state index is 11.9. The van der Waals surface area contributed by atoms with Gasteiger partial charge in [-0.2, -0.15) is 0 Å². The lowest BCUT2D eigenvalue weighted by Crippen LogP contribution is -2.28.